The maximum absolute atomic E-state index is 12.7. The number of hydrogen-bond donors (Lipinski definition) is 2. The van der Waals surface area contributed by atoms with Crippen LogP contribution >= 0.6 is 0 Å². The SMILES string of the molecule is COc1ccc(NC(=O)c2cc(Nc3cc(C)cc(C)c3)ccn2)c(OC)c1. The fourth-order valence-electron chi connectivity index (χ4n) is 2.93. The molecule has 0 aliphatic heterocycles. The second-order valence-corrected chi connectivity index (χ2v) is 6.45. The topological polar surface area (TPSA) is 72.5 Å². The molecule has 1 heterocycles. The van der Waals surface area contributed by atoms with Crippen molar-refractivity contribution in [3.05, 3.63) is 71.5 Å². The predicted octanol–water partition coefficient (Wildman–Crippen LogP) is 4.71. The zero-order valence-corrected chi connectivity index (χ0v) is 16.4. The van der Waals surface area contributed by atoms with Crippen LogP contribution in [0, 0.1) is 13.8 Å². The number of aromatic nitrogens is 1. The van der Waals surface area contributed by atoms with Gasteiger partial charge in [-0.1, -0.05) is 6.07 Å². The molecule has 0 radical (unpaired) electrons. The van der Waals surface area contributed by atoms with E-state index in [2.05, 4.69) is 33.8 Å². The Balaban J connectivity index is 1.79. The number of anilines is 3. The average molecular weight is 377 g/mol. The Hall–Kier alpha value is -3.54. The summed E-state index contributed by atoms with van der Waals surface area (Å²) >= 11 is 0. The van der Waals surface area contributed by atoms with E-state index in [1.165, 1.54) is 18.2 Å². The van der Waals surface area contributed by atoms with Crippen LogP contribution in [0.3, 0.4) is 0 Å². The summed E-state index contributed by atoms with van der Waals surface area (Å²) < 4.78 is 10.5. The molecule has 0 spiro atoms. The molecule has 2 aromatic carbocycles. The summed E-state index contributed by atoms with van der Waals surface area (Å²) in [5, 5.41) is 6.15. The second kappa shape index (κ2) is 8.43. The standard InChI is InChI=1S/C22H23N3O3/c1-14-9-15(2)11-17(10-14)24-16-7-8-23-20(12-16)22(26)25-19-6-5-18(27-3)13-21(19)28-4/h5-13H,1-4H3,(H,23,24)(H,25,26). The number of nitrogens with one attached hydrogen (secondary N) is 2. The Labute approximate surface area is 164 Å². The Bertz CT molecular complexity index is 982. The van der Waals surface area contributed by atoms with Gasteiger partial charge < -0.3 is 20.1 Å². The normalized spacial score (nSPS) is 10.3. The molecule has 28 heavy (non-hydrogen) atoms. The van der Waals surface area contributed by atoms with Crippen molar-refractivity contribution < 1.29 is 14.3 Å². The molecule has 0 bridgehead atoms. The molecule has 1 aromatic heterocycles. The van der Waals surface area contributed by atoms with E-state index in [9.17, 15) is 4.79 Å². The van der Waals surface area contributed by atoms with E-state index in [4.69, 9.17) is 9.47 Å². The summed E-state index contributed by atoms with van der Waals surface area (Å²) in [4.78, 5) is 16.8. The van der Waals surface area contributed by atoms with Crippen LogP contribution in [0.15, 0.2) is 54.7 Å². The van der Waals surface area contributed by atoms with E-state index < -0.39 is 0 Å². The van der Waals surface area contributed by atoms with Crippen molar-refractivity contribution >= 4 is 23.0 Å². The molecule has 3 rings (SSSR count). The van der Waals surface area contributed by atoms with Crippen LogP contribution in [-0.2, 0) is 0 Å². The Morgan fingerprint density at radius 1 is 0.893 bits per heavy atom. The molecule has 6 heteroatoms. The van der Waals surface area contributed by atoms with Gasteiger partial charge in [-0.2, -0.15) is 0 Å². The number of carbonyl (C=O) groups is 1. The predicted molar refractivity (Wildman–Crippen MR) is 111 cm³/mol. The number of benzene rings is 2. The molecule has 0 saturated carbocycles. The first kappa shape index (κ1) is 19.2. The molecule has 6 nitrogen and oxygen atoms in total. The quantitative estimate of drug-likeness (QED) is 0.651. The molecule has 0 aliphatic carbocycles. The van der Waals surface area contributed by atoms with Gasteiger partial charge in [0.05, 0.1) is 19.9 Å². The number of nitrogens with zero attached hydrogens (tertiary/aromatic N) is 1. The van der Waals surface area contributed by atoms with Crippen molar-refractivity contribution in [3.8, 4) is 11.5 Å². The molecule has 1 amide bonds. The van der Waals surface area contributed by atoms with Crippen LogP contribution in [-0.4, -0.2) is 25.1 Å². The van der Waals surface area contributed by atoms with Gasteiger partial charge in [-0.15, -0.1) is 0 Å². The highest BCUT2D eigenvalue weighted by Gasteiger charge is 2.12. The lowest BCUT2D eigenvalue weighted by atomic mass is 10.1. The molecule has 0 saturated heterocycles. The van der Waals surface area contributed by atoms with Crippen molar-refractivity contribution in [2.75, 3.05) is 24.9 Å². The van der Waals surface area contributed by atoms with Crippen LogP contribution in [0.4, 0.5) is 17.1 Å². The van der Waals surface area contributed by atoms with Crippen LogP contribution < -0.4 is 20.1 Å². The van der Waals surface area contributed by atoms with Gasteiger partial charge in [0.1, 0.15) is 17.2 Å². The van der Waals surface area contributed by atoms with Crippen molar-refractivity contribution in [2.24, 2.45) is 0 Å². The van der Waals surface area contributed by atoms with Crippen LogP contribution in [0.5, 0.6) is 11.5 Å². The maximum atomic E-state index is 12.7. The zero-order chi connectivity index (χ0) is 20.1. The monoisotopic (exact) mass is 377 g/mol. The molecular weight excluding hydrogens is 354 g/mol. The highest BCUT2D eigenvalue weighted by Crippen LogP contribution is 2.29. The van der Waals surface area contributed by atoms with E-state index in [1.807, 2.05) is 19.9 Å². The molecule has 2 N–H and O–H groups in total. The average Bonchev–Trinajstić information content (AvgIpc) is 2.67. The number of amides is 1. The minimum Gasteiger partial charge on any atom is -0.497 e. The number of aryl methyl sites for hydroxylation is 2. The van der Waals surface area contributed by atoms with Crippen LogP contribution in [0.1, 0.15) is 21.6 Å². The minimum absolute atomic E-state index is 0.298. The molecule has 3 aromatic rings. The minimum atomic E-state index is -0.326. The Morgan fingerprint density at radius 2 is 1.64 bits per heavy atom. The van der Waals surface area contributed by atoms with Crippen molar-refractivity contribution in [1.82, 2.24) is 4.98 Å². The summed E-state index contributed by atoms with van der Waals surface area (Å²) in [5.74, 6) is 0.831. The van der Waals surface area contributed by atoms with Gasteiger partial charge in [-0.3, -0.25) is 9.78 Å². The lowest BCUT2D eigenvalue weighted by molar-refractivity contribution is 0.102. The van der Waals surface area contributed by atoms with Gasteiger partial charge in [0.2, 0.25) is 0 Å². The third-order valence-electron chi connectivity index (χ3n) is 4.16. The smallest absolute Gasteiger partial charge is 0.274 e. The van der Waals surface area contributed by atoms with E-state index in [-0.39, 0.29) is 5.91 Å². The highest BCUT2D eigenvalue weighted by atomic mass is 16.5. The van der Waals surface area contributed by atoms with Gasteiger partial charge in [-0.05, 0) is 61.4 Å². The van der Waals surface area contributed by atoms with E-state index in [0.717, 1.165) is 11.4 Å². The first-order valence-electron chi connectivity index (χ1n) is 8.83. The van der Waals surface area contributed by atoms with Crippen LogP contribution in [0.25, 0.3) is 0 Å². The summed E-state index contributed by atoms with van der Waals surface area (Å²) in [6.07, 6.45) is 1.60. The number of methoxy groups -OCH3 is 2. The van der Waals surface area contributed by atoms with Gasteiger partial charge in [0.25, 0.3) is 5.91 Å². The van der Waals surface area contributed by atoms with Gasteiger partial charge >= 0.3 is 0 Å². The summed E-state index contributed by atoms with van der Waals surface area (Å²) in [5.41, 5.74) is 4.93. The van der Waals surface area contributed by atoms with Gasteiger partial charge in [-0.25, -0.2) is 0 Å². The largest absolute Gasteiger partial charge is 0.497 e. The summed E-state index contributed by atoms with van der Waals surface area (Å²) in [7, 11) is 3.11. The Morgan fingerprint density at radius 3 is 2.32 bits per heavy atom. The van der Waals surface area contributed by atoms with E-state index in [1.54, 1.807) is 37.6 Å². The first-order chi connectivity index (χ1) is 13.5. The Kier molecular flexibility index (Phi) is 5.79. The fourth-order valence-corrected chi connectivity index (χ4v) is 2.93. The maximum Gasteiger partial charge on any atom is 0.274 e. The lowest BCUT2D eigenvalue weighted by Gasteiger charge is -2.12. The molecule has 0 unspecified atom stereocenters. The highest BCUT2D eigenvalue weighted by molar-refractivity contribution is 6.04. The number of carbonyl (C=O) groups excluding carboxylic acids is 1. The first-order valence-corrected chi connectivity index (χ1v) is 8.83. The molecule has 144 valence electrons. The zero-order valence-electron chi connectivity index (χ0n) is 16.4. The summed E-state index contributed by atoms with van der Waals surface area (Å²) in [6.45, 7) is 4.09. The van der Waals surface area contributed by atoms with Crippen molar-refractivity contribution in [1.29, 1.82) is 0 Å². The molecule has 0 aliphatic rings. The second-order valence-electron chi connectivity index (χ2n) is 6.45. The molecular formula is C22H23N3O3. The third-order valence-corrected chi connectivity index (χ3v) is 4.16. The third kappa shape index (κ3) is 4.59. The van der Waals surface area contributed by atoms with Crippen molar-refractivity contribution in [3.63, 3.8) is 0 Å². The number of pyridine rings is 1. The van der Waals surface area contributed by atoms with Gasteiger partial charge in [0.15, 0.2) is 0 Å². The molecule has 0 fully saturated rings. The molecule has 0 atom stereocenters. The number of ether oxygens (including phenoxy) is 2. The number of rotatable bonds is 6. The lowest BCUT2D eigenvalue weighted by Crippen LogP contribution is -2.14. The summed E-state index contributed by atoms with van der Waals surface area (Å²) in [6, 6.07) is 14.9. The van der Waals surface area contributed by atoms with E-state index >= 15 is 0 Å². The number of hydrogen-bond acceptors (Lipinski definition) is 5. The van der Waals surface area contributed by atoms with Crippen LogP contribution in [0.2, 0.25) is 0 Å². The van der Waals surface area contributed by atoms with Gasteiger partial charge in [0, 0.05) is 23.6 Å². The van der Waals surface area contributed by atoms with Crippen molar-refractivity contribution in [2.45, 2.75) is 13.8 Å². The fraction of sp³-hybridized carbons (Fsp3) is 0.182. The van der Waals surface area contributed by atoms with E-state index in [0.29, 0.717) is 22.9 Å².